The molecule has 0 aliphatic heterocycles. The van der Waals surface area contributed by atoms with Gasteiger partial charge >= 0.3 is 0 Å². The van der Waals surface area contributed by atoms with Gasteiger partial charge in [0.15, 0.2) is 5.78 Å². The maximum Gasteiger partial charge on any atom is 0.200 e. The molecule has 0 radical (unpaired) electrons. The van der Waals surface area contributed by atoms with Crippen LogP contribution in [0.3, 0.4) is 0 Å². The van der Waals surface area contributed by atoms with Gasteiger partial charge in [-0.25, -0.2) is 9.97 Å². The molecule has 0 amide bonds. The van der Waals surface area contributed by atoms with E-state index in [1.807, 2.05) is 0 Å². The van der Waals surface area contributed by atoms with Gasteiger partial charge in [0.1, 0.15) is 11.6 Å². The van der Waals surface area contributed by atoms with E-state index in [0.29, 0.717) is 11.1 Å². The smallest absolute Gasteiger partial charge is 0.200 e. The fraction of sp³-hybridized carbons (Fsp3) is 0. The van der Waals surface area contributed by atoms with Crippen LogP contribution in [0, 0.1) is 0 Å². The van der Waals surface area contributed by atoms with E-state index in [1.54, 1.807) is 24.3 Å². The number of pyridine rings is 2. The molecule has 2 rings (SSSR count). The molecule has 0 aliphatic rings. The first-order chi connectivity index (χ1) is 7.70. The Bertz CT molecular complexity index is 492. The van der Waals surface area contributed by atoms with Crippen LogP contribution >= 0.6 is 0 Å². The van der Waals surface area contributed by atoms with Crippen LogP contribution in [-0.2, 0) is 0 Å². The molecule has 0 aliphatic carbocycles. The van der Waals surface area contributed by atoms with Gasteiger partial charge in [0.05, 0.1) is 11.1 Å². The van der Waals surface area contributed by atoms with Gasteiger partial charge in [-0.15, -0.1) is 0 Å². The van der Waals surface area contributed by atoms with Gasteiger partial charge in [-0.2, -0.15) is 0 Å². The lowest BCUT2D eigenvalue weighted by Gasteiger charge is -2.05. The van der Waals surface area contributed by atoms with Crippen LogP contribution in [0.15, 0.2) is 36.7 Å². The number of nitrogens with zero attached hydrogens (tertiary/aromatic N) is 2. The Kier molecular flexibility index (Phi) is 2.51. The topological polar surface area (TPSA) is 94.9 Å². The molecule has 2 aromatic rings. The molecular formula is C11H10N4O. The van der Waals surface area contributed by atoms with E-state index >= 15 is 0 Å². The second-order valence-corrected chi connectivity index (χ2v) is 3.20. The maximum absolute atomic E-state index is 12.0. The van der Waals surface area contributed by atoms with Crippen molar-refractivity contribution in [3.63, 3.8) is 0 Å². The summed E-state index contributed by atoms with van der Waals surface area (Å²) in [5.41, 5.74) is 11.9. The molecule has 0 unspecified atom stereocenters. The first kappa shape index (κ1) is 10.1. The van der Waals surface area contributed by atoms with Crippen LogP contribution in [0.5, 0.6) is 0 Å². The fourth-order valence-electron chi connectivity index (χ4n) is 1.36. The Morgan fingerprint density at radius 3 is 1.75 bits per heavy atom. The first-order valence-corrected chi connectivity index (χ1v) is 4.66. The number of carbonyl (C=O) groups is 1. The van der Waals surface area contributed by atoms with Crippen LogP contribution in [0.1, 0.15) is 15.9 Å². The second kappa shape index (κ2) is 3.98. The Hall–Kier alpha value is -2.43. The molecule has 0 fully saturated rings. The molecule has 80 valence electrons. The largest absolute Gasteiger partial charge is 0.383 e. The van der Waals surface area contributed by atoms with Crippen molar-refractivity contribution >= 4 is 17.4 Å². The molecule has 5 nitrogen and oxygen atoms in total. The van der Waals surface area contributed by atoms with Crippen molar-refractivity contribution in [3.8, 4) is 0 Å². The number of carbonyl (C=O) groups excluding carboxylic acids is 1. The molecule has 2 aromatic heterocycles. The fourth-order valence-corrected chi connectivity index (χ4v) is 1.36. The Balaban J connectivity index is 2.48. The number of aromatic nitrogens is 2. The summed E-state index contributed by atoms with van der Waals surface area (Å²) in [7, 11) is 0. The predicted molar refractivity (Wildman–Crippen MR) is 60.7 cm³/mol. The van der Waals surface area contributed by atoms with Crippen molar-refractivity contribution in [1.82, 2.24) is 9.97 Å². The Morgan fingerprint density at radius 1 is 0.938 bits per heavy atom. The number of hydrogen-bond acceptors (Lipinski definition) is 5. The quantitative estimate of drug-likeness (QED) is 0.723. The van der Waals surface area contributed by atoms with Gasteiger partial charge in [-0.1, -0.05) is 0 Å². The highest BCUT2D eigenvalue weighted by Crippen LogP contribution is 2.16. The number of rotatable bonds is 2. The number of nitrogens with two attached hydrogens (primary N) is 2. The third kappa shape index (κ3) is 1.70. The molecule has 0 aromatic carbocycles. The highest BCUT2D eigenvalue weighted by molar-refractivity contribution is 6.13. The van der Waals surface area contributed by atoms with Crippen LogP contribution in [0.2, 0.25) is 0 Å². The van der Waals surface area contributed by atoms with Gasteiger partial charge in [-0.05, 0) is 24.3 Å². The molecule has 0 atom stereocenters. The summed E-state index contributed by atoms with van der Waals surface area (Å²) in [4.78, 5) is 19.8. The molecule has 0 saturated carbocycles. The van der Waals surface area contributed by atoms with Gasteiger partial charge in [0, 0.05) is 12.4 Å². The van der Waals surface area contributed by atoms with E-state index in [4.69, 9.17) is 11.5 Å². The highest BCUT2D eigenvalue weighted by atomic mass is 16.1. The van der Waals surface area contributed by atoms with Crippen molar-refractivity contribution in [2.45, 2.75) is 0 Å². The Morgan fingerprint density at radius 2 is 1.38 bits per heavy atom. The predicted octanol–water partition coefficient (Wildman–Crippen LogP) is 0.872. The molecule has 5 heteroatoms. The van der Waals surface area contributed by atoms with Crippen LogP contribution in [0.25, 0.3) is 0 Å². The summed E-state index contributed by atoms with van der Waals surface area (Å²) >= 11 is 0. The molecule has 0 bridgehead atoms. The highest BCUT2D eigenvalue weighted by Gasteiger charge is 2.15. The van der Waals surface area contributed by atoms with E-state index < -0.39 is 0 Å². The third-order valence-corrected chi connectivity index (χ3v) is 2.17. The number of nitrogen functional groups attached to an aromatic ring is 2. The summed E-state index contributed by atoms with van der Waals surface area (Å²) in [5, 5.41) is 0. The SMILES string of the molecule is Nc1ncccc1C(=O)c1cccnc1N. The van der Waals surface area contributed by atoms with E-state index in [2.05, 4.69) is 9.97 Å². The summed E-state index contributed by atoms with van der Waals surface area (Å²) in [6.45, 7) is 0. The molecule has 0 spiro atoms. The monoisotopic (exact) mass is 214 g/mol. The van der Waals surface area contributed by atoms with Crippen LogP contribution in [-0.4, -0.2) is 15.8 Å². The zero-order chi connectivity index (χ0) is 11.5. The van der Waals surface area contributed by atoms with Gasteiger partial charge in [0.2, 0.25) is 0 Å². The summed E-state index contributed by atoms with van der Waals surface area (Å²) in [5.74, 6) is 0.114. The van der Waals surface area contributed by atoms with Crippen molar-refractivity contribution in [1.29, 1.82) is 0 Å². The lowest BCUT2D eigenvalue weighted by Crippen LogP contribution is -2.09. The van der Waals surface area contributed by atoms with E-state index in [9.17, 15) is 4.79 Å². The van der Waals surface area contributed by atoms with E-state index in [1.165, 1.54) is 12.4 Å². The van der Waals surface area contributed by atoms with Crippen LogP contribution in [0.4, 0.5) is 11.6 Å². The molecular weight excluding hydrogens is 204 g/mol. The van der Waals surface area contributed by atoms with Crippen molar-refractivity contribution in [3.05, 3.63) is 47.8 Å². The first-order valence-electron chi connectivity index (χ1n) is 4.66. The van der Waals surface area contributed by atoms with Crippen molar-refractivity contribution < 1.29 is 4.79 Å². The van der Waals surface area contributed by atoms with E-state index in [0.717, 1.165) is 0 Å². The standard InChI is InChI=1S/C11H10N4O/c12-10-7(3-1-5-14-10)9(16)8-4-2-6-15-11(8)13/h1-6H,(H2,12,14)(H2,13,15). The minimum absolute atomic E-state index is 0.191. The maximum atomic E-state index is 12.0. The minimum atomic E-state index is -0.267. The van der Waals surface area contributed by atoms with Gasteiger partial charge in [0.25, 0.3) is 0 Å². The molecule has 4 N–H and O–H groups in total. The third-order valence-electron chi connectivity index (χ3n) is 2.17. The van der Waals surface area contributed by atoms with Crippen LogP contribution < -0.4 is 11.5 Å². The van der Waals surface area contributed by atoms with E-state index in [-0.39, 0.29) is 17.4 Å². The number of anilines is 2. The normalized spacial score (nSPS) is 10.0. The lowest BCUT2D eigenvalue weighted by molar-refractivity contribution is 0.104. The zero-order valence-electron chi connectivity index (χ0n) is 8.42. The van der Waals surface area contributed by atoms with Crippen molar-refractivity contribution in [2.75, 3.05) is 11.5 Å². The number of hydrogen-bond donors (Lipinski definition) is 2. The summed E-state index contributed by atoms with van der Waals surface area (Å²) in [6.07, 6.45) is 3.05. The van der Waals surface area contributed by atoms with Crippen molar-refractivity contribution in [2.24, 2.45) is 0 Å². The zero-order valence-corrected chi connectivity index (χ0v) is 8.42. The Labute approximate surface area is 92.1 Å². The second-order valence-electron chi connectivity index (χ2n) is 3.20. The molecule has 16 heavy (non-hydrogen) atoms. The van der Waals surface area contributed by atoms with Gasteiger partial charge in [-0.3, -0.25) is 4.79 Å². The minimum Gasteiger partial charge on any atom is -0.383 e. The van der Waals surface area contributed by atoms with Gasteiger partial charge < -0.3 is 11.5 Å². The molecule has 2 heterocycles. The lowest BCUT2D eigenvalue weighted by atomic mass is 10.1. The average Bonchev–Trinajstić information content (AvgIpc) is 2.29. The summed E-state index contributed by atoms with van der Waals surface area (Å²) in [6, 6.07) is 6.51. The number of ketones is 1. The summed E-state index contributed by atoms with van der Waals surface area (Å²) < 4.78 is 0. The molecule has 0 saturated heterocycles. The average molecular weight is 214 g/mol.